The van der Waals surface area contributed by atoms with E-state index in [9.17, 15) is 0 Å². The van der Waals surface area contributed by atoms with Crippen LogP contribution in [0.5, 0.6) is 0 Å². The molecule has 94 valence electrons. The Hall–Kier alpha value is -1.26. The summed E-state index contributed by atoms with van der Waals surface area (Å²) in [7, 11) is 1.60. The highest BCUT2D eigenvalue weighted by Crippen LogP contribution is 2.11. The monoisotopic (exact) mass is 274 g/mol. The Morgan fingerprint density at radius 1 is 1.35 bits per heavy atom. The fourth-order valence-corrected chi connectivity index (χ4v) is 1.29. The first-order valence-corrected chi connectivity index (χ1v) is 5.36. The second-order valence-corrected chi connectivity index (χ2v) is 3.58. The van der Waals surface area contributed by atoms with Crippen LogP contribution in [0.1, 0.15) is 18.9 Å². The number of nitrogens with two attached hydrogens (primary N) is 1. The molecule has 1 rings (SSSR count). The number of nitrogens with one attached hydrogen (secondary N) is 1. The Kier molecular flexibility index (Phi) is 7.34. The average Bonchev–Trinajstić information content (AvgIpc) is 2.31. The molecule has 0 aromatic heterocycles. The van der Waals surface area contributed by atoms with Crippen LogP contribution in [0, 0.1) is 0 Å². The van der Waals surface area contributed by atoms with Crippen molar-refractivity contribution in [1.29, 1.82) is 0 Å². The Balaban J connectivity index is 0.00000256. The van der Waals surface area contributed by atoms with Crippen molar-refractivity contribution in [3.63, 3.8) is 0 Å². The lowest BCUT2D eigenvalue weighted by Gasteiger charge is -2.05. The maximum Gasteiger partial charge on any atom is 0.209 e. The lowest BCUT2D eigenvalue weighted by Crippen LogP contribution is -2.28. The number of rotatable bonds is 3. The van der Waals surface area contributed by atoms with Crippen molar-refractivity contribution in [2.24, 2.45) is 15.8 Å². The van der Waals surface area contributed by atoms with Gasteiger partial charge in [0, 0.05) is 12.1 Å². The summed E-state index contributed by atoms with van der Waals surface area (Å²) in [6.07, 6.45) is 0.797. The Bertz CT molecular complexity index is 398. The predicted molar refractivity (Wildman–Crippen MR) is 76.2 cm³/mol. The zero-order valence-electron chi connectivity index (χ0n) is 9.77. The summed E-state index contributed by atoms with van der Waals surface area (Å²) in [6.45, 7) is 2.02. The molecule has 1 aromatic carbocycles. The first kappa shape index (κ1) is 15.7. The molecule has 0 aliphatic rings. The number of hydrazone groups is 1. The predicted octanol–water partition coefficient (Wildman–Crippen LogP) is 2.41. The van der Waals surface area contributed by atoms with Crippen LogP contribution in [-0.4, -0.2) is 18.7 Å². The number of guanidine groups is 1. The second-order valence-electron chi connectivity index (χ2n) is 3.14. The largest absolute Gasteiger partial charge is 0.369 e. The van der Waals surface area contributed by atoms with E-state index < -0.39 is 0 Å². The van der Waals surface area contributed by atoms with Gasteiger partial charge in [-0.25, -0.2) is 5.43 Å². The number of hydrogen-bond donors (Lipinski definition) is 2. The molecule has 0 atom stereocenters. The molecule has 0 saturated heterocycles. The van der Waals surface area contributed by atoms with E-state index in [0.29, 0.717) is 11.0 Å². The van der Waals surface area contributed by atoms with Crippen LogP contribution in [0.4, 0.5) is 0 Å². The van der Waals surface area contributed by atoms with E-state index >= 15 is 0 Å². The van der Waals surface area contributed by atoms with Crippen molar-refractivity contribution in [2.75, 3.05) is 7.05 Å². The number of benzene rings is 1. The minimum atomic E-state index is 0. The highest BCUT2D eigenvalue weighted by molar-refractivity contribution is 6.30. The highest BCUT2D eigenvalue weighted by Gasteiger charge is 2.01. The average molecular weight is 275 g/mol. The molecule has 0 unspecified atom stereocenters. The van der Waals surface area contributed by atoms with Crippen molar-refractivity contribution >= 4 is 35.7 Å². The third-order valence-electron chi connectivity index (χ3n) is 2.06. The van der Waals surface area contributed by atoms with E-state index in [-0.39, 0.29) is 12.4 Å². The van der Waals surface area contributed by atoms with Gasteiger partial charge in [-0.05, 0) is 24.1 Å². The van der Waals surface area contributed by atoms with Gasteiger partial charge in [-0.1, -0.05) is 30.7 Å². The van der Waals surface area contributed by atoms with Gasteiger partial charge >= 0.3 is 0 Å². The summed E-state index contributed by atoms with van der Waals surface area (Å²) in [5.74, 6) is 0.292. The molecule has 0 bridgehead atoms. The van der Waals surface area contributed by atoms with Crippen molar-refractivity contribution in [1.82, 2.24) is 5.43 Å². The van der Waals surface area contributed by atoms with Gasteiger partial charge in [-0.2, -0.15) is 5.10 Å². The molecule has 1 aromatic rings. The third-order valence-corrected chi connectivity index (χ3v) is 2.31. The van der Waals surface area contributed by atoms with Crippen LogP contribution in [0.25, 0.3) is 0 Å². The molecular weight excluding hydrogens is 259 g/mol. The van der Waals surface area contributed by atoms with Crippen LogP contribution in [0.2, 0.25) is 5.02 Å². The molecule has 0 amide bonds. The van der Waals surface area contributed by atoms with Crippen molar-refractivity contribution < 1.29 is 0 Å². The fraction of sp³-hybridized carbons (Fsp3) is 0.273. The molecule has 0 radical (unpaired) electrons. The van der Waals surface area contributed by atoms with Gasteiger partial charge in [-0.3, -0.25) is 4.99 Å². The topological polar surface area (TPSA) is 62.8 Å². The zero-order chi connectivity index (χ0) is 12.0. The van der Waals surface area contributed by atoms with Crippen LogP contribution in [-0.2, 0) is 0 Å². The summed E-state index contributed by atoms with van der Waals surface area (Å²) in [5.41, 5.74) is 10.1. The molecule has 17 heavy (non-hydrogen) atoms. The van der Waals surface area contributed by atoms with Crippen molar-refractivity contribution in [3.05, 3.63) is 34.9 Å². The van der Waals surface area contributed by atoms with E-state index in [0.717, 1.165) is 17.7 Å². The number of halogens is 2. The zero-order valence-corrected chi connectivity index (χ0v) is 11.3. The summed E-state index contributed by atoms with van der Waals surface area (Å²) < 4.78 is 0. The van der Waals surface area contributed by atoms with Gasteiger partial charge in [0.1, 0.15) is 0 Å². The van der Waals surface area contributed by atoms with Gasteiger partial charge in [0.25, 0.3) is 0 Å². The van der Waals surface area contributed by atoms with Crippen LogP contribution in [0.15, 0.2) is 34.4 Å². The summed E-state index contributed by atoms with van der Waals surface area (Å²) in [5, 5.41) is 4.89. The molecule has 0 fully saturated rings. The first-order valence-electron chi connectivity index (χ1n) is 4.98. The van der Waals surface area contributed by atoms with Gasteiger partial charge in [0.2, 0.25) is 5.96 Å². The minimum absolute atomic E-state index is 0. The van der Waals surface area contributed by atoms with Crippen molar-refractivity contribution in [3.8, 4) is 0 Å². The van der Waals surface area contributed by atoms with Gasteiger partial charge in [-0.15, -0.1) is 12.4 Å². The SMILES string of the molecule is CC/C(=N\NC(N)=NC)c1ccc(Cl)cc1.Cl. The smallest absolute Gasteiger partial charge is 0.209 e. The molecular formula is C11H16Cl2N4. The molecule has 0 saturated carbocycles. The van der Waals surface area contributed by atoms with Gasteiger partial charge in [0.15, 0.2) is 0 Å². The van der Waals surface area contributed by atoms with Crippen LogP contribution >= 0.6 is 24.0 Å². The number of aliphatic imine (C=N–C) groups is 1. The van der Waals surface area contributed by atoms with Gasteiger partial charge < -0.3 is 5.73 Å². The van der Waals surface area contributed by atoms with E-state index in [1.54, 1.807) is 7.05 Å². The minimum Gasteiger partial charge on any atom is -0.369 e. The third kappa shape index (κ3) is 5.06. The summed E-state index contributed by atoms with van der Waals surface area (Å²) >= 11 is 5.81. The fourth-order valence-electron chi connectivity index (χ4n) is 1.16. The summed E-state index contributed by atoms with van der Waals surface area (Å²) in [4.78, 5) is 3.76. The Morgan fingerprint density at radius 3 is 2.41 bits per heavy atom. The Morgan fingerprint density at radius 2 is 1.94 bits per heavy atom. The maximum atomic E-state index is 5.81. The van der Waals surface area contributed by atoms with Crippen molar-refractivity contribution in [2.45, 2.75) is 13.3 Å². The quantitative estimate of drug-likeness (QED) is 0.505. The van der Waals surface area contributed by atoms with Crippen LogP contribution in [0.3, 0.4) is 0 Å². The van der Waals surface area contributed by atoms with E-state index in [1.165, 1.54) is 0 Å². The molecule has 0 aliphatic heterocycles. The molecule has 0 heterocycles. The normalized spacial score (nSPS) is 11.9. The lowest BCUT2D eigenvalue weighted by atomic mass is 10.1. The van der Waals surface area contributed by atoms with E-state index in [2.05, 4.69) is 15.5 Å². The van der Waals surface area contributed by atoms with E-state index in [4.69, 9.17) is 17.3 Å². The first-order chi connectivity index (χ1) is 7.67. The lowest BCUT2D eigenvalue weighted by molar-refractivity contribution is 0.985. The molecule has 4 nitrogen and oxygen atoms in total. The summed E-state index contributed by atoms with van der Waals surface area (Å²) in [6, 6.07) is 7.51. The second kappa shape index (κ2) is 7.92. The standard InChI is InChI=1S/C11H15ClN4.ClH/c1-3-10(15-16-11(13)14-2)8-4-6-9(12)7-5-8;/h4-7H,3H2,1-2H3,(H3,13,14,16);1H/b15-10+;. The highest BCUT2D eigenvalue weighted by atomic mass is 35.5. The molecule has 6 heteroatoms. The molecule has 0 aliphatic carbocycles. The Labute approximate surface area is 112 Å². The maximum absolute atomic E-state index is 5.81. The molecule has 3 N–H and O–H groups in total. The number of nitrogens with zero attached hydrogens (tertiary/aromatic N) is 2. The number of hydrogen-bond acceptors (Lipinski definition) is 2. The van der Waals surface area contributed by atoms with Gasteiger partial charge in [0.05, 0.1) is 5.71 Å². The molecule has 0 spiro atoms. The van der Waals surface area contributed by atoms with E-state index in [1.807, 2.05) is 31.2 Å². The van der Waals surface area contributed by atoms with Crippen LogP contribution < -0.4 is 11.2 Å².